The van der Waals surface area contributed by atoms with E-state index in [1.54, 1.807) is 0 Å². The van der Waals surface area contributed by atoms with Crippen LogP contribution in [0.25, 0.3) is 0 Å². The highest BCUT2D eigenvalue weighted by molar-refractivity contribution is 5.85. The second kappa shape index (κ2) is 3.23. The summed E-state index contributed by atoms with van der Waals surface area (Å²) >= 11 is 0. The third-order valence-corrected chi connectivity index (χ3v) is 3.23. The van der Waals surface area contributed by atoms with Crippen LogP contribution in [0.15, 0.2) is 0 Å². The van der Waals surface area contributed by atoms with E-state index in [2.05, 4.69) is 0 Å². The molecule has 0 aliphatic heterocycles. The molecule has 2 bridgehead atoms. The van der Waals surface area contributed by atoms with Crippen LogP contribution >= 0.6 is 12.4 Å². The predicted molar refractivity (Wildman–Crippen MR) is 47.2 cm³/mol. The van der Waals surface area contributed by atoms with Crippen molar-refractivity contribution in [2.45, 2.75) is 25.3 Å². The fraction of sp³-hybridized carbons (Fsp3) is 0.875. The number of hydrogen-bond acceptors (Lipinski definition) is 2. The van der Waals surface area contributed by atoms with Gasteiger partial charge in [-0.15, -0.1) is 12.4 Å². The number of nitrogens with two attached hydrogens (primary N) is 1. The number of hydrogen-bond donors (Lipinski definition) is 2. The zero-order valence-corrected chi connectivity index (χ0v) is 7.59. The molecule has 12 heavy (non-hydrogen) atoms. The van der Waals surface area contributed by atoms with Crippen molar-refractivity contribution in [3.05, 3.63) is 0 Å². The van der Waals surface area contributed by atoms with Gasteiger partial charge in [-0.05, 0) is 31.1 Å². The van der Waals surface area contributed by atoms with E-state index in [1.165, 1.54) is 0 Å². The summed E-state index contributed by atoms with van der Waals surface area (Å²) in [6, 6.07) is 0.288. The molecule has 0 amide bonds. The zero-order valence-electron chi connectivity index (χ0n) is 6.77. The highest BCUT2D eigenvalue weighted by Crippen LogP contribution is 2.47. The fourth-order valence-electron chi connectivity index (χ4n) is 2.62. The molecular formula is C8H14ClNO2. The van der Waals surface area contributed by atoms with Crippen LogP contribution in [-0.4, -0.2) is 17.1 Å². The molecule has 0 radical (unpaired) electrons. The summed E-state index contributed by atoms with van der Waals surface area (Å²) in [6.07, 6.45) is 2.81. The van der Waals surface area contributed by atoms with Gasteiger partial charge in [-0.2, -0.15) is 0 Å². The third-order valence-electron chi connectivity index (χ3n) is 3.23. The Hall–Kier alpha value is -0.280. The lowest BCUT2D eigenvalue weighted by Gasteiger charge is -2.21. The summed E-state index contributed by atoms with van der Waals surface area (Å²) in [6.45, 7) is 0. The van der Waals surface area contributed by atoms with Crippen LogP contribution in [0, 0.1) is 17.8 Å². The molecule has 0 spiro atoms. The van der Waals surface area contributed by atoms with Crippen LogP contribution in [0.5, 0.6) is 0 Å². The molecule has 0 aromatic carbocycles. The van der Waals surface area contributed by atoms with Gasteiger partial charge in [0.15, 0.2) is 0 Å². The van der Waals surface area contributed by atoms with Gasteiger partial charge in [-0.25, -0.2) is 0 Å². The minimum absolute atomic E-state index is 0. The van der Waals surface area contributed by atoms with Gasteiger partial charge in [-0.1, -0.05) is 0 Å². The maximum atomic E-state index is 10.7. The van der Waals surface area contributed by atoms with Crippen molar-refractivity contribution in [3.8, 4) is 0 Å². The predicted octanol–water partition coefficient (Wildman–Crippen LogP) is 0.866. The number of fused-ring (bicyclic) bond motifs is 2. The summed E-state index contributed by atoms with van der Waals surface area (Å²) in [5.41, 5.74) is 5.79. The Kier molecular flexibility index (Phi) is 2.64. The van der Waals surface area contributed by atoms with E-state index in [4.69, 9.17) is 10.8 Å². The minimum atomic E-state index is -0.621. The molecule has 2 aliphatic rings. The number of halogens is 1. The van der Waals surface area contributed by atoms with Gasteiger partial charge >= 0.3 is 5.97 Å². The Labute approximate surface area is 77.7 Å². The highest BCUT2D eigenvalue weighted by atomic mass is 35.5. The van der Waals surface area contributed by atoms with E-state index in [9.17, 15) is 4.79 Å². The van der Waals surface area contributed by atoms with Gasteiger partial charge < -0.3 is 10.8 Å². The molecule has 0 heterocycles. The number of carboxylic acid groups (broad SMARTS) is 1. The molecule has 4 atom stereocenters. The highest BCUT2D eigenvalue weighted by Gasteiger charge is 2.47. The van der Waals surface area contributed by atoms with Crippen molar-refractivity contribution >= 4 is 18.4 Å². The molecule has 4 heteroatoms. The third kappa shape index (κ3) is 1.31. The van der Waals surface area contributed by atoms with Crippen molar-refractivity contribution in [2.24, 2.45) is 23.5 Å². The van der Waals surface area contributed by atoms with Crippen LogP contribution in [0.2, 0.25) is 0 Å². The monoisotopic (exact) mass is 191 g/mol. The molecule has 2 rings (SSSR count). The van der Waals surface area contributed by atoms with E-state index in [-0.39, 0.29) is 24.4 Å². The van der Waals surface area contributed by atoms with Crippen LogP contribution in [0.3, 0.4) is 0 Å². The Morgan fingerprint density at radius 3 is 2.25 bits per heavy atom. The molecule has 2 saturated carbocycles. The van der Waals surface area contributed by atoms with E-state index in [0.29, 0.717) is 11.8 Å². The van der Waals surface area contributed by atoms with E-state index in [1.807, 2.05) is 0 Å². The molecule has 2 aliphatic carbocycles. The number of carboxylic acids is 1. The minimum Gasteiger partial charge on any atom is -0.481 e. The van der Waals surface area contributed by atoms with Crippen LogP contribution in [0.1, 0.15) is 19.3 Å². The second-order valence-corrected chi connectivity index (χ2v) is 3.84. The smallest absolute Gasteiger partial charge is 0.306 e. The summed E-state index contributed by atoms with van der Waals surface area (Å²) in [4.78, 5) is 10.7. The summed E-state index contributed by atoms with van der Waals surface area (Å²) in [7, 11) is 0. The molecule has 0 aromatic heterocycles. The van der Waals surface area contributed by atoms with Gasteiger partial charge in [-0.3, -0.25) is 4.79 Å². The molecule has 70 valence electrons. The first-order valence-electron chi connectivity index (χ1n) is 4.17. The number of aliphatic carboxylic acids is 1. The maximum Gasteiger partial charge on any atom is 0.306 e. The lowest BCUT2D eigenvalue weighted by atomic mass is 9.86. The van der Waals surface area contributed by atoms with Gasteiger partial charge in [0.1, 0.15) is 0 Å². The molecule has 3 nitrogen and oxygen atoms in total. The first-order valence-corrected chi connectivity index (χ1v) is 4.17. The van der Waals surface area contributed by atoms with Crippen LogP contribution < -0.4 is 5.73 Å². The van der Waals surface area contributed by atoms with Crippen molar-refractivity contribution in [1.29, 1.82) is 0 Å². The number of rotatable bonds is 1. The standard InChI is InChI=1S/C8H13NO2.ClH/c9-7-3-4-1-5(7)2-6(4)8(10)11;/h4-7H,1-3,9H2,(H,10,11);1H/t4-,5-,6-,7-;/m1./s1. The normalized spacial score (nSPS) is 44.1. The van der Waals surface area contributed by atoms with E-state index < -0.39 is 5.97 Å². The average Bonchev–Trinajstić information content (AvgIpc) is 2.43. The maximum absolute atomic E-state index is 10.7. The molecule has 0 aromatic rings. The molecule has 3 N–H and O–H groups in total. The Balaban J connectivity index is 0.000000720. The first-order chi connectivity index (χ1) is 5.18. The summed E-state index contributed by atoms with van der Waals surface area (Å²) in [5.74, 6) is 0.179. The summed E-state index contributed by atoms with van der Waals surface area (Å²) < 4.78 is 0. The van der Waals surface area contributed by atoms with Gasteiger partial charge in [0.05, 0.1) is 5.92 Å². The largest absolute Gasteiger partial charge is 0.481 e. The molecule has 2 fully saturated rings. The van der Waals surface area contributed by atoms with Crippen molar-refractivity contribution in [2.75, 3.05) is 0 Å². The quantitative estimate of drug-likeness (QED) is 0.647. The van der Waals surface area contributed by atoms with Gasteiger partial charge in [0, 0.05) is 6.04 Å². The lowest BCUT2D eigenvalue weighted by molar-refractivity contribution is -0.143. The summed E-state index contributed by atoms with van der Waals surface area (Å²) in [5, 5.41) is 8.78. The SMILES string of the molecule is Cl.N[C@@H]1C[C@H]2C[C@@H]1C[C@H]2C(=O)O. The first kappa shape index (κ1) is 9.81. The lowest BCUT2D eigenvalue weighted by Crippen LogP contribution is -2.32. The van der Waals surface area contributed by atoms with Crippen LogP contribution in [-0.2, 0) is 4.79 Å². The van der Waals surface area contributed by atoms with Gasteiger partial charge in [0.25, 0.3) is 0 Å². The molecular weight excluding hydrogens is 178 g/mol. The van der Waals surface area contributed by atoms with Crippen molar-refractivity contribution < 1.29 is 9.90 Å². The van der Waals surface area contributed by atoms with Gasteiger partial charge in [0.2, 0.25) is 0 Å². The Bertz CT molecular complexity index is 195. The number of carbonyl (C=O) groups is 1. The van der Waals surface area contributed by atoms with Crippen LogP contribution in [0.4, 0.5) is 0 Å². The fourth-order valence-corrected chi connectivity index (χ4v) is 2.62. The molecule has 0 unspecified atom stereocenters. The van der Waals surface area contributed by atoms with Crippen molar-refractivity contribution in [3.63, 3.8) is 0 Å². The Morgan fingerprint density at radius 1 is 1.25 bits per heavy atom. The molecule has 0 saturated heterocycles. The van der Waals surface area contributed by atoms with Crippen molar-refractivity contribution in [1.82, 2.24) is 0 Å². The van der Waals surface area contributed by atoms with E-state index in [0.717, 1.165) is 19.3 Å². The topological polar surface area (TPSA) is 63.3 Å². The average molecular weight is 192 g/mol. The second-order valence-electron chi connectivity index (χ2n) is 3.84. The zero-order chi connectivity index (χ0) is 8.01. The van der Waals surface area contributed by atoms with E-state index >= 15 is 0 Å². The Morgan fingerprint density at radius 2 is 1.92 bits per heavy atom.